The third kappa shape index (κ3) is 5.26. The number of sulfone groups is 1. The highest BCUT2D eigenvalue weighted by atomic mass is 32.2. The second-order valence-electron chi connectivity index (χ2n) is 8.58. The molecule has 172 valence electrons. The van der Waals surface area contributed by atoms with Crippen molar-refractivity contribution in [1.82, 2.24) is 14.5 Å². The van der Waals surface area contributed by atoms with Gasteiger partial charge in [-0.05, 0) is 50.7 Å². The van der Waals surface area contributed by atoms with E-state index in [9.17, 15) is 18.0 Å². The van der Waals surface area contributed by atoms with Gasteiger partial charge in [-0.25, -0.2) is 13.4 Å². The molecule has 1 fully saturated rings. The zero-order chi connectivity index (χ0) is 22.7. The van der Waals surface area contributed by atoms with E-state index in [0.29, 0.717) is 29.0 Å². The lowest BCUT2D eigenvalue weighted by molar-refractivity contribution is -0.128. The van der Waals surface area contributed by atoms with Crippen molar-refractivity contribution in [3.8, 4) is 0 Å². The number of thioether (sulfide) groups is 1. The predicted molar refractivity (Wildman–Crippen MR) is 128 cm³/mol. The van der Waals surface area contributed by atoms with E-state index < -0.39 is 9.84 Å². The van der Waals surface area contributed by atoms with Crippen molar-refractivity contribution in [3.05, 3.63) is 46.3 Å². The van der Waals surface area contributed by atoms with Crippen LogP contribution < -0.4 is 5.56 Å². The minimum atomic E-state index is -3.06. The van der Waals surface area contributed by atoms with E-state index in [0.717, 1.165) is 19.3 Å². The van der Waals surface area contributed by atoms with Gasteiger partial charge in [0, 0.05) is 19.6 Å². The largest absolute Gasteiger partial charge is 0.341 e. The monoisotopic (exact) mass is 475 g/mol. The van der Waals surface area contributed by atoms with E-state index in [1.807, 2.05) is 18.2 Å². The first-order chi connectivity index (χ1) is 15.3. The highest BCUT2D eigenvalue weighted by molar-refractivity contribution is 7.99. The van der Waals surface area contributed by atoms with Gasteiger partial charge in [0.25, 0.3) is 5.56 Å². The highest BCUT2D eigenvalue weighted by Gasteiger charge is 2.32. The fourth-order valence-electron chi connectivity index (χ4n) is 4.35. The first-order valence-electron chi connectivity index (χ1n) is 11.1. The van der Waals surface area contributed by atoms with E-state index in [1.165, 1.54) is 35.1 Å². The number of fused-ring (bicyclic) bond motifs is 1. The molecule has 0 bridgehead atoms. The van der Waals surface area contributed by atoms with Crippen LogP contribution in [0.3, 0.4) is 0 Å². The maximum absolute atomic E-state index is 13.2. The molecule has 1 amide bonds. The van der Waals surface area contributed by atoms with Crippen LogP contribution in [0.5, 0.6) is 0 Å². The molecule has 1 unspecified atom stereocenters. The number of para-hydroxylation sites is 1. The Balaban J connectivity index is 1.53. The van der Waals surface area contributed by atoms with Gasteiger partial charge in [-0.15, -0.1) is 0 Å². The van der Waals surface area contributed by atoms with Crippen LogP contribution in [-0.2, 0) is 21.2 Å². The molecule has 0 N–H and O–H groups in total. The van der Waals surface area contributed by atoms with E-state index in [1.54, 1.807) is 17.7 Å². The molecule has 0 radical (unpaired) electrons. The van der Waals surface area contributed by atoms with Crippen LogP contribution in [0.1, 0.15) is 38.5 Å². The van der Waals surface area contributed by atoms with Crippen molar-refractivity contribution in [1.29, 1.82) is 0 Å². The number of benzene rings is 1. The summed E-state index contributed by atoms with van der Waals surface area (Å²) in [5.74, 6) is 0.111. The van der Waals surface area contributed by atoms with Crippen LogP contribution in [0.15, 0.2) is 45.9 Å². The molecule has 1 aliphatic heterocycles. The minimum Gasteiger partial charge on any atom is -0.341 e. The average Bonchev–Trinajstić information content (AvgIpc) is 3.16. The topological polar surface area (TPSA) is 89.3 Å². The summed E-state index contributed by atoms with van der Waals surface area (Å²) in [6, 6.07) is 7.00. The quantitative estimate of drug-likeness (QED) is 0.347. The second kappa shape index (κ2) is 9.79. The third-order valence-corrected chi connectivity index (χ3v) is 9.05. The normalized spacial score (nSPS) is 20.3. The van der Waals surface area contributed by atoms with Gasteiger partial charge in [0.15, 0.2) is 15.0 Å². The van der Waals surface area contributed by atoms with Gasteiger partial charge in [-0.3, -0.25) is 14.2 Å². The van der Waals surface area contributed by atoms with Crippen LogP contribution >= 0.6 is 11.8 Å². The van der Waals surface area contributed by atoms with Crippen molar-refractivity contribution in [2.75, 3.05) is 24.3 Å². The van der Waals surface area contributed by atoms with Gasteiger partial charge < -0.3 is 4.90 Å². The third-order valence-electron chi connectivity index (χ3n) is 6.34. The van der Waals surface area contributed by atoms with Gasteiger partial charge >= 0.3 is 0 Å². The second-order valence-corrected chi connectivity index (χ2v) is 11.7. The fourth-order valence-corrected chi connectivity index (χ4v) is 7.08. The van der Waals surface area contributed by atoms with Crippen LogP contribution in [0.2, 0.25) is 0 Å². The Labute approximate surface area is 192 Å². The van der Waals surface area contributed by atoms with Crippen molar-refractivity contribution >= 4 is 38.4 Å². The standard InChI is InChI=1S/C23H29N3O4S2/c1-25(18-12-14-32(29,30)16-18)21(27)15-31-23-24-20-10-6-5-9-19(20)22(28)26(23)13-11-17-7-3-2-4-8-17/h5-7,9-10,18H,2-4,8,11-16H2,1H3. The van der Waals surface area contributed by atoms with Crippen LogP contribution in [0.25, 0.3) is 10.9 Å². The Kier molecular flexibility index (Phi) is 7.05. The molecule has 1 atom stereocenters. The van der Waals surface area contributed by atoms with Crippen molar-refractivity contribution < 1.29 is 13.2 Å². The van der Waals surface area contributed by atoms with E-state index >= 15 is 0 Å². The molecule has 1 aliphatic carbocycles. The van der Waals surface area contributed by atoms with Gasteiger partial charge in [-0.2, -0.15) is 0 Å². The highest BCUT2D eigenvalue weighted by Crippen LogP contribution is 2.24. The number of carbonyl (C=O) groups excluding carboxylic acids is 1. The molecule has 32 heavy (non-hydrogen) atoms. The van der Waals surface area contributed by atoms with Gasteiger partial charge in [0.1, 0.15) is 0 Å². The van der Waals surface area contributed by atoms with Crippen molar-refractivity contribution in [3.63, 3.8) is 0 Å². The maximum Gasteiger partial charge on any atom is 0.262 e. The Morgan fingerprint density at radius 2 is 2.09 bits per heavy atom. The molecular weight excluding hydrogens is 446 g/mol. The molecular formula is C23H29N3O4S2. The Morgan fingerprint density at radius 3 is 2.81 bits per heavy atom. The lowest BCUT2D eigenvalue weighted by Crippen LogP contribution is -2.39. The first-order valence-corrected chi connectivity index (χ1v) is 13.9. The predicted octanol–water partition coefficient (Wildman–Crippen LogP) is 3.02. The number of hydrogen-bond acceptors (Lipinski definition) is 6. The smallest absolute Gasteiger partial charge is 0.262 e. The summed E-state index contributed by atoms with van der Waals surface area (Å²) in [7, 11) is -1.40. The van der Waals surface area contributed by atoms with Crippen LogP contribution in [-0.4, -0.2) is 59.1 Å². The van der Waals surface area contributed by atoms with E-state index in [-0.39, 0.29) is 34.8 Å². The van der Waals surface area contributed by atoms with Crippen molar-refractivity contribution in [2.45, 2.75) is 56.3 Å². The van der Waals surface area contributed by atoms with Gasteiger partial charge in [-0.1, -0.05) is 35.5 Å². The Hall–Kier alpha value is -2.13. The Morgan fingerprint density at radius 1 is 1.28 bits per heavy atom. The first kappa shape index (κ1) is 23.0. The van der Waals surface area contributed by atoms with Crippen LogP contribution in [0, 0.1) is 0 Å². The molecule has 2 aliphatic rings. The van der Waals surface area contributed by atoms with Crippen molar-refractivity contribution in [2.24, 2.45) is 0 Å². The molecule has 7 nitrogen and oxygen atoms in total. The fraction of sp³-hybridized carbons (Fsp3) is 0.522. The summed E-state index contributed by atoms with van der Waals surface area (Å²) < 4.78 is 25.2. The number of nitrogens with zero attached hydrogens (tertiary/aromatic N) is 3. The molecule has 1 aromatic carbocycles. The number of hydrogen-bond donors (Lipinski definition) is 0. The van der Waals surface area contributed by atoms with Gasteiger partial charge in [0.2, 0.25) is 5.91 Å². The summed E-state index contributed by atoms with van der Waals surface area (Å²) in [5.41, 5.74) is 1.92. The van der Waals surface area contributed by atoms with E-state index in [4.69, 9.17) is 4.98 Å². The zero-order valence-corrected chi connectivity index (χ0v) is 20.0. The summed E-state index contributed by atoms with van der Waals surface area (Å²) in [5, 5.41) is 1.11. The Bertz CT molecular complexity index is 1200. The number of aromatic nitrogens is 2. The molecule has 4 rings (SSSR count). The molecule has 2 aromatic rings. The minimum absolute atomic E-state index is 0.0218. The molecule has 0 spiro atoms. The number of carbonyl (C=O) groups is 1. The molecule has 1 saturated heterocycles. The molecule has 2 heterocycles. The molecule has 0 saturated carbocycles. The maximum atomic E-state index is 13.2. The molecule has 9 heteroatoms. The molecule has 1 aromatic heterocycles. The summed E-state index contributed by atoms with van der Waals surface area (Å²) in [6.07, 6.45) is 8.15. The summed E-state index contributed by atoms with van der Waals surface area (Å²) in [4.78, 5) is 32.2. The lowest BCUT2D eigenvalue weighted by atomic mass is 9.97. The number of amides is 1. The SMILES string of the molecule is CN(C(=O)CSc1nc2ccccc2c(=O)n1CCC1=CCCCC1)C1CCS(=O)(=O)C1. The number of allylic oxidation sites excluding steroid dienone is 2. The zero-order valence-electron chi connectivity index (χ0n) is 18.3. The number of rotatable bonds is 7. The van der Waals surface area contributed by atoms with E-state index in [2.05, 4.69) is 6.08 Å². The van der Waals surface area contributed by atoms with Crippen LogP contribution in [0.4, 0.5) is 0 Å². The van der Waals surface area contributed by atoms with Gasteiger partial charge in [0.05, 0.1) is 28.2 Å². The summed E-state index contributed by atoms with van der Waals surface area (Å²) in [6.45, 7) is 0.537. The average molecular weight is 476 g/mol. The lowest BCUT2D eigenvalue weighted by Gasteiger charge is -2.23. The summed E-state index contributed by atoms with van der Waals surface area (Å²) >= 11 is 1.25.